The Morgan fingerprint density at radius 2 is 1.52 bits per heavy atom. The fourth-order valence-electron chi connectivity index (χ4n) is 0.662. The fourth-order valence-corrected chi connectivity index (χ4v) is 1.74. The van der Waals surface area contributed by atoms with E-state index in [1.807, 2.05) is 0 Å². The zero-order valence-electron chi connectivity index (χ0n) is 11.3. The minimum Gasteiger partial charge on any atom is -0.480 e. The second kappa shape index (κ2) is 14.0. The number of thioether (sulfide) groups is 1. The van der Waals surface area contributed by atoms with Crippen molar-refractivity contribution in [1.29, 1.82) is 0 Å². The van der Waals surface area contributed by atoms with Crippen LogP contribution in [0.25, 0.3) is 0 Å². The second-order valence-corrected chi connectivity index (χ2v) is 5.08. The quantitative estimate of drug-likeness (QED) is 0.242. The fraction of sp³-hybridized carbons (Fsp3) is 0.714. The summed E-state index contributed by atoms with van der Waals surface area (Å²) in [4.78, 5) is 20.8. The normalized spacial score (nSPS) is 12.6. The van der Waals surface area contributed by atoms with Crippen molar-refractivity contribution in [1.82, 2.24) is 17.6 Å². The second-order valence-electron chi connectivity index (χ2n) is 3.11. The van der Waals surface area contributed by atoms with E-state index in [0.29, 0.717) is 5.75 Å². The molecule has 0 saturated carbocycles. The molecule has 14 heteroatoms. The molecule has 0 rings (SSSR count). The molecule has 0 bridgehead atoms. The van der Waals surface area contributed by atoms with Crippen molar-refractivity contribution in [2.45, 2.75) is 12.1 Å². The first kappa shape index (κ1) is 28.2. The van der Waals surface area contributed by atoms with Crippen molar-refractivity contribution in [3.8, 4) is 0 Å². The van der Waals surface area contributed by atoms with E-state index in [-0.39, 0.29) is 18.1 Å². The number of hydrogen-bond donors (Lipinski definition) is 8. The minimum absolute atomic E-state index is 0. The van der Waals surface area contributed by atoms with E-state index in [9.17, 15) is 9.59 Å². The van der Waals surface area contributed by atoms with Gasteiger partial charge < -0.3 is 33.6 Å². The Bertz CT molecular complexity index is 382. The number of aliphatic carboxylic acids is 2. The Morgan fingerprint density at radius 3 is 1.76 bits per heavy atom. The molecule has 0 saturated heterocycles. The summed E-state index contributed by atoms with van der Waals surface area (Å²) in [5.41, 5.74) is 5.23. The molecule has 0 spiro atoms. The number of hydrogen-bond acceptors (Lipinski definition) is 9. The first-order chi connectivity index (χ1) is 8.49. The van der Waals surface area contributed by atoms with E-state index >= 15 is 0 Å². The molecule has 0 aromatic carbocycles. The van der Waals surface area contributed by atoms with Gasteiger partial charge in [0.05, 0.1) is 0 Å². The SMILES string of the molecule is CNC(CSCC(N)C(=O)O)C(=O)O.N.N.O=S(=O)(O)O. The third-order valence-electron chi connectivity index (χ3n) is 1.55. The first-order valence-electron chi connectivity index (χ1n) is 4.65. The molecule has 2 unspecified atom stereocenters. The summed E-state index contributed by atoms with van der Waals surface area (Å²) in [5.74, 6) is -1.52. The number of nitrogens with one attached hydrogen (secondary N) is 1. The van der Waals surface area contributed by atoms with Crippen LogP contribution >= 0.6 is 11.8 Å². The number of likely N-dealkylation sites (N-methyl/N-ethyl adjacent to an activating group) is 1. The molecule has 0 fully saturated rings. The summed E-state index contributed by atoms with van der Waals surface area (Å²) in [5, 5.41) is 19.7. The molecule has 130 valence electrons. The lowest BCUT2D eigenvalue weighted by molar-refractivity contribution is -0.139. The van der Waals surface area contributed by atoms with Crippen LogP contribution in [0.3, 0.4) is 0 Å². The molecule has 0 heterocycles. The molecule has 0 amide bonds. The zero-order valence-corrected chi connectivity index (χ0v) is 12.9. The minimum atomic E-state index is -4.67. The Labute approximate surface area is 126 Å². The predicted molar refractivity (Wildman–Crippen MR) is 77.6 cm³/mol. The molecule has 0 aliphatic heterocycles. The molecule has 12 nitrogen and oxygen atoms in total. The molecule has 13 N–H and O–H groups in total. The highest BCUT2D eigenvalue weighted by Gasteiger charge is 2.17. The van der Waals surface area contributed by atoms with Gasteiger partial charge in [-0.1, -0.05) is 0 Å². The van der Waals surface area contributed by atoms with Gasteiger partial charge in [-0.05, 0) is 7.05 Å². The molecule has 0 radical (unpaired) electrons. The Kier molecular flexibility index (Phi) is 18.7. The maximum absolute atomic E-state index is 10.5. The van der Waals surface area contributed by atoms with Crippen molar-refractivity contribution < 1.29 is 37.3 Å². The highest BCUT2D eigenvalue weighted by molar-refractivity contribution is 7.99. The summed E-state index contributed by atoms with van der Waals surface area (Å²) < 4.78 is 31.6. The van der Waals surface area contributed by atoms with Gasteiger partial charge in [0, 0.05) is 11.5 Å². The first-order valence-corrected chi connectivity index (χ1v) is 7.20. The number of nitrogens with two attached hydrogens (primary N) is 1. The van der Waals surface area contributed by atoms with Gasteiger partial charge in [0.2, 0.25) is 0 Å². The van der Waals surface area contributed by atoms with Gasteiger partial charge >= 0.3 is 22.3 Å². The Hall–Kier alpha value is -1.00. The van der Waals surface area contributed by atoms with Crippen molar-refractivity contribution >= 4 is 34.1 Å². The van der Waals surface area contributed by atoms with Crippen LogP contribution in [0.1, 0.15) is 0 Å². The summed E-state index contributed by atoms with van der Waals surface area (Å²) in [6, 6.07) is -1.60. The average molecular weight is 354 g/mol. The zero-order chi connectivity index (χ0) is 15.6. The van der Waals surface area contributed by atoms with Crippen molar-refractivity contribution in [3.05, 3.63) is 0 Å². The van der Waals surface area contributed by atoms with Crippen LogP contribution in [0, 0.1) is 0 Å². The van der Waals surface area contributed by atoms with E-state index in [4.69, 9.17) is 33.5 Å². The van der Waals surface area contributed by atoms with Crippen LogP contribution in [-0.2, 0) is 20.0 Å². The lowest BCUT2D eigenvalue weighted by Crippen LogP contribution is -2.38. The standard InChI is InChI=1S/C7H14N2O4S.2H3N.H2O4S/c1-9-5(7(12)13)3-14-2-4(8)6(10)11;;;1-5(2,3)4/h4-5,9H,2-3,8H2,1H3,(H,10,11)(H,12,13);2*1H3;(H2,1,2,3,4). The largest absolute Gasteiger partial charge is 0.480 e. The van der Waals surface area contributed by atoms with Gasteiger partial charge in [0.25, 0.3) is 0 Å². The van der Waals surface area contributed by atoms with E-state index in [1.165, 1.54) is 18.8 Å². The van der Waals surface area contributed by atoms with Gasteiger partial charge in [-0.15, -0.1) is 0 Å². The topological polar surface area (TPSA) is 257 Å². The van der Waals surface area contributed by atoms with Crippen LogP contribution in [0.15, 0.2) is 0 Å². The summed E-state index contributed by atoms with van der Waals surface area (Å²) >= 11 is 1.20. The maximum atomic E-state index is 10.5. The van der Waals surface area contributed by atoms with E-state index in [0.717, 1.165) is 0 Å². The van der Waals surface area contributed by atoms with Crippen LogP contribution < -0.4 is 23.4 Å². The molecule has 0 aromatic rings. The average Bonchev–Trinajstić information content (AvgIpc) is 2.20. The summed E-state index contributed by atoms with van der Waals surface area (Å²) in [6.45, 7) is 0. The Balaban J connectivity index is -0.000000179. The summed E-state index contributed by atoms with van der Waals surface area (Å²) in [7, 11) is -3.13. The van der Waals surface area contributed by atoms with Gasteiger partial charge in [-0.25, -0.2) is 0 Å². The molecule has 0 aliphatic carbocycles. The predicted octanol–water partition coefficient (Wildman–Crippen LogP) is -1.52. The smallest absolute Gasteiger partial charge is 0.394 e. The van der Waals surface area contributed by atoms with Gasteiger partial charge in [-0.2, -0.15) is 20.2 Å². The molecular weight excluding hydrogens is 332 g/mol. The molecule has 2 atom stereocenters. The van der Waals surface area contributed by atoms with Gasteiger partial charge in [-0.3, -0.25) is 18.7 Å². The Morgan fingerprint density at radius 1 is 1.14 bits per heavy atom. The van der Waals surface area contributed by atoms with Crippen LogP contribution in [-0.4, -0.2) is 70.3 Å². The van der Waals surface area contributed by atoms with Gasteiger partial charge in [0.15, 0.2) is 0 Å². The van der Waals surface area contributed by atoms with E-state index < -0.39 is 34.4 Å². The van der Waals surface area contributed by atoms with E-state index in [1.54, 1.807) is 0 Å². The van der Waals surface area contributed by atoms with Crippen LogP contribution in [0.4, 0.5) is 0 Å². The third kappa shape index (κ3) is 24.4. The molecular formula is C7H22N4O8S2. The molecule has 21 heavy (non-hydrogen) atoms. The summed E-state index contributed by atoms with van der Waals surface area (Å²) in [6.07, 6.45) is 0. The number of carbonyl (C=O) groups is 2. The lowest BCUT2D eigenvalue weighted by atomic mass is 10.3. The number of carboxylic acids is 2. The highest BCUT2D eigenvalue weighted by atomic mass is 32.3. The number of carboxylic acid groups (broad SMARTS) is 2. The monoisotopic (exact) mass is 354 g/mol. The van der Waals surface area contributed by atoms with E-state index in [2.05, 4.69) is 5.32 Å². The highest BCUT2D eigenvalue weighted by Crippen LogP contribution is 2.04. The van der Waals surface area contributed by atoms with Gasteiger partial charge in [0.1, 0.15) is 12.1 Å². The number of rotatable bonds is 7. The van der Waals surface area contributed by atoms with Crippen molar-refractivity contribution in [2.24, 2.45) is 5.73 Å². The molecule has 0 aromatic heterocycles. The third-order valence-corrected chi connectivity index (χ3v) is 2.71. The van der Waals surface area contributed by atoms with Crippen LogP contribution in [0.5, 0.6) is 0 Å². The maximum Gasteiger partial charge on any atom is 0.394 e. The van der Waals surface area contributed by atoms with Crippen molar-refractivity contribution in [3.63, 3.8) is 0 Å². The lowest BCUT2D eigenvalue weighted by Gasteiger charge is -2.11. The van der Waals surface area contributed by atoms with Crippen LogP contribution in [0.2, 0.25) is 0 Å². The molecule has 0 aliphatic rings. The van der Waals surface area contributed by atoms with Crippen molar-refractivity contribution in [2.75, 3.05) is 18.6 Å².